The molecular weight excluding hydrogens is 151 g/mol. The van der Waals surface area contributed by atoms with Gasteiger partial charge in [0.05, 0.1) is 0 Å². The molecule has 0 atom stereocenters. The normalized spacial score (nSPS) is 9.50. The molecule has 0 aliphatic rings. The molecule has 0 aliphatic heterocycles. The van der Waals surface area contributed by atoms with E-state index in [2.05, 4.69) is 13.2 Å². The zero-order valence-corrected chi connectivity index (χ0v) is 7.10. The molecule has 0 saturated carbocycles. The zero-order valence-electron chi connectivity index (χ0n) is 7.10. The third kappa shape index (κ3) is 1.62. The van der Waals surface area contributed by atoms with E-state index in [0.29, 0.717) is 5.56 Å². The van der Waals surface area contributed by atoms with Gasteiger partial charge in [0.25, 0.3) is 0 Å². The van der Waals surface area contributed by atoms with Crippen molar-refractivity contribution in [1.82, 2.24) is 0 Å². The Kier molecular flexibility index (Phi) is 2.44. The highest BCUT2D eigenvalue weighted by atomic mass is 19.1. The van der Waals surface area contributed by atoms with Crippen molar-refractivity contribution in [2.45, 2.75) is 6.92 Å². The second-order valence-electron chi connectivity index (χ2n) is 2.70. The maximum Gasteiger partial charge on any atom is 0.123 e. The van der Waals surface area contributed by atoms with Crippen molar-refractivity contribution in [2.75, 3.05) is 0 Å². The van der Waals surface area contributed by atoms with Crippen LogP contribution < -0.4 is 0 Å². The number of aryl methyl sites for hydroxylation is 1. The van der Waals surface area contributed by atoms with Crippen LogP contribution in [-0.4, -0.2) is 0 Å². The van der Waals surface area contributed by atoms with Crippen LogP contribution in [0.5, 0.6) is 0 Å². The van der Waals surface area contributed by atoms with Crippen LogP contribution in [0.3, 0.4) is 0 Å². The molecule has 0 nitrogen and oxygen atoms in total. The Hall–Kier alpha value is -1.37. The molecule has 0 N–H and O–H groups in total. The van der Waals surface area contributed by atoms with Crippen molar-refractivity contribution >= 4 is 11.9 Å². The van der Waals surface area contributed by atoms with Crippen molar-refractivity contribution < 1.29 is 4.39 Å². The Labute approximate surface area is 72.0 Å². The van der Waals surface area contributed by atoms with E-state index >= 15 is 0 Å². The lowest BCUT2D eigenvalue weighted by molar-refractivity contribution is 0.763. The largest absolute Gasteiger partial charge is 0.207 e. The maximum atomic E-state index is 12.8. The molecule has 0 aliphatic carbocycles. The Balaban J connectivity index is 3.29. The summed E-state index contributed by atoms with van der Waals surface area (Å²) in [6, 6.07) is 5.45. The summed E-state index contributed by atoms with van der Waals surface area (Å²) in [5, 5.41) is 0. The first-order valence-corrected chi connectivity index (χ1v) is 3.73. The molecule has 0 unspecified atom stereocenters. The minimum absolute atomic E-state index is 0.412. The smallest absolute Gasteiger partial charge is 0.123 e. The highest BCUT2D eigenvalue weighted by molar-refractivity contribution is 5.68. The average Bonchev–Trinajstić information content (AvgIpc) is 2.03. The topological polar surface area (TPSA) is 0 Å². The lowest BCUT2D eigenvalue weighted by atomic mass is 10.0. The molecule has 0 saturated heterocycles. The van der Waals surface area contributed by atoms with E-state index < -0.39 is 5.83 Å². The van der Waals surface area contributed by atoms with Crippen LogP contribution in [0.2, 0.25) is 0 Å². The van der Waals surface area contributed by atoms with E-state index in [-0.39, 0.29) is 0 Å². The highest BCUT2D eigenvalue weighted by Gasteiger charge is 2.01. The molecule has 12 heavy (non-hydrogen) atoms. The standard InChI is InChI=1S/C11H11F/c1-4-10-7-8(2)5-6-11(10)9(3)12/h4-7H,1,3H2,2H3. The molecule has 1 heteroatoms. The molecule has 1 rings (SSSR count). The summed E-state index contributed by atoms with van der Waals surface area (Å²) in [4.78, 5) is 0. The van der Waals surface area contributed by atoms with Crippen LogP contribution >= 0.6 is 0 Å². The van der Waals surface area contributed by atoms with Gasteiger partial charge in [0.15, 0.2) is 0 Å². The summed E-state index contributed by atoms with van der Waals surface area (Å²) in [5.41, 5.74) is 2.41. The van der Waals surface area contributed by atoms with Gasteiger partial charge < -0.3 is 0 Å². The summed E-state index contributed by atoms with van der Waals surface area (Å²) in [6.07, 6.45) is 1.63. The van der Waals surface area contributed by atoms with Gasteiger partial charge in [0, 0.05) is 5.56 Å². The van der Waals surface area contributed by atoms with Gasteiger partial charge in [-0.3, -0.25) is 0 Å². The molecule has 0 spiro atoms. The predicted molar refractivity (Wildman–Crippen MR) is 51.4 cm³/mol. The second-order valence-corrected chi connectivity index (χ2v) is 2.70. The van der Waals surface area contributed by atoms with Crippen molar-refractivity contribution in [1.29, 1.82) is 0 Å². The number of rotatable bonds is 2. The lowest BCUT2D eigenvalue weighted by Gasteiger charge is -2.03. The van der Waals surface area contributed by atoms with Crippen LogP contribution in [0.25, 0.3) is 11.9 Å². The third-order valence-corrected chi connectivity index (χ3v) is 1.72. The monoisotopic (exact) mass is 162 g/mol. The minimum Gasteiger partial charge on any atom is -0.207 e. The Morgan fingerprint density at radius 3 is 2.67 bits per heavy atom. The van der Waals surface area contributed by atoms with Crippen molar-refractivity contribution in [3.05, 3.63) is 48.0 Å². The third-order valence-electron chi connectivity index (χ3n) is 1.72. The zero-order chi connectivity index (χ0) is 9.14. The van der Waals surface area contributed by atoms with Gasteiger partial charge in [0.1, 0.15) is 5.83 Å². The van der Waals surface area contributed by atoms with E-state index in [4.69, 9.17) is 0 Å². The van der Waals surface area contributed by atoms with Gasteiger partial charge in [-0.25, -0.2) is 4.39 Å². The number of hydrogen-bond acceptors (Lipinski definition) is 0. The summed E-state index contributed by atoms with van der Waals surface area (Å²) in [7, 11) is 0. The van der Waals surface area contributed by atoms with Crippen molar-refractivity contribution in [2.24, 2.45) is 0 Å². The SMILES string of the molecule is C=Cc1cc(C)ccc1C(=C)F. The fraction of sp³-hybridized carbons (Fsp3) is 0.0909. The fourth-order valence-electron chi connectivity index (χ4n) is 1.10. The van der Waals surface area contributed by atoms with Gasteiger partial charge in [-0.15, -0.1) is 0 Å². The number of hydrogen-bond donors (Lipinski definition) is 0. The maximum absolute atomic E-state index is 12.8. The van der Waals surface area contributed by atoms with Gasteiger partial charge in [-0.1, -0.05) is 43.0 Å². The first kappa shape index (κ1) is 8.72. The van der Waals surface area contributed by atoms with E-state index in [9.17, 15) is 4.39 Å². The molecule has 0 bridgehead atoms. The molecule has 1 aromatic carbocycles. The predicted octanol–water partition coefficient (Wildman–Crippen LogP) is 3.58. The van der Waals surface area contributed by atoms with E-state index in [0.717, 1.165) is 11.1 Å². The van der Waals surface area contributed by atoms with Gasteiger partial charge >= 0.3 is 0 Å². The number of benzene rings is 1. The Morgan fingerprint density at radius 1 is 1.50 bits per heavy atom. The van der Waals surface area contributed by atoms with E-state index in [1.807, 2.05) is 19.1 Å². The van der Waals surface area contributed by atoms with Crippen molar-refractivity contribution in [3.8, 4) is 0 Å². The minimum atomic E-state index is -0.412. The quantitative estimate of drug-likeness (QED) is 0.623. The molecule has 62 valence electrons. The van der Waals surface area contributed by atoms with Crippen LogP contribution in [-0.2, 0) is 0 Å². The van der Waals surface area contributed by atoms with Crippen molar-refractivity contribution in [3.63, 3.8) is 0 Å². The van der Waals surface area contributed by atoms with Crippen LogP contribution in [0.15, 0.2) is 31.4 Å². The lowest BCUT2D eigenvalue weighted by Crippen LogP contribution is -1.84. The fourth-order valence-corrected chi connectivity index (χ4v) is 1.10. The number of halogens is 1. The summed E-state index contributed by atoms with van der Waals surface area (Å²) >= 11 is 0. The first-order valence-electron chi connectivity index (χ1n) is 3.73. The summed E-state index contributed by atoms with van der Waals surface area (Å²) in [6.45, 7) is 8.81. The van der Waals surface area contributed by atoms with Gasteiger partial charge in [-0.2, -0.15) is 0 Å². The van der Waals surface area contributed by atoms with Gasteiger partial charge in [0.2, 0.25) is 0 Å². The molecular formula is C11H11F. The Bertz CT molecular complexity index is 324. The first-order chi connectivity index (χ1) is 5.65. The summed E-state index contributed by atoms with van der Waals surface area (Å²) in [5.74, 6) is -0.412. The van der Waals surface area contributed by atoms with Crippen LogP contribution in [0.1, 0.15) is 16.7 Å². The van der Waals surface area contributed by atoms with E-state index in [1.54, 1.807) is 12.1 Å². The Morgan fingerprint density at radius 2 is 2.17 bits per heavy atom. The average molecular weight is 162 g/mol. The molecule has 0 aromatic heterocycles. The van der Waals surface area contributed by atoms with E-state index in [1.165, 1.54) is 0 Å². The molecule has 1 aromatic rings. The second kappa shape index (κ2) is 3.35. The molecule has 0 heterocycles. The highest BCUT2D eigenvalue weighted by Crippen LogP contribution is 2.20. The van der Waals surface area contributed by atoms with Gasteiger partial charge in [-0.05, 0) is 12.5 Å². The molecule has 0 radical (unpaired) electrons. The molecule has 0 fully saturated rings. The van der Waals surface area contributed by atoms with Crippen LogP contribution in [0, 0.1) is 6.92 Å². The molecule has 0 amide bonds. The van der Waals surface area contributed by atoms with Crippen LogP contribution in [0.4, 0.5) is 4.39 Å². The summed E-state index contributed by atoms with van der Waals surface area (Å²) < 4.78 is 12.8.